The van der Waals surface area contributed by atoms with Crippen molar-refractivity contribution in [3.8, 4) is 17.3 Å². The number of pyridine rings is 2. The monoisotopic (exact) mass is 460 g/mol. The number of nitrogens with zero attached hydrogens (tertiary/aromatic N) is 5. The lowest BCUT2D eigenvalue weighted by atomic mass is 10.0. The number of alkyl halides is 6. The second kappa shape index (κ2) is 8.01. The topological polar surface area (TPSA) is 87.4 Å². The van der Waals surface area contributed by atoms with Crippen LogP contribution in [0.3, 0.4) is 0 Å². The first kappa shape index (κ1) is 21.9. The number of fused-ring (bicyclic) bond motifs is 1. The molecule has 3 aromatic heterocycles. The molecule has 166 valence electrons. The molecule has 0 amide bonds. The molecule has 0 aliphatic heterocycles. The zero-order valence-electron chi connectivity index (χ0n) is 16.2. The van der Waals surface area contributed by atoms with Gasteiger partial charge in [0.25, 0.3) is 0 Å². The fraction of sp³-hybridized carbons (Fsp3) is 0.0952. The van der Waals surface area contributed by atoms with Crippen molar-refractivity contribution < 1.29 is 26.3 Å². The summed E-state index contributed by atoms with van der Waals surface area (Å²) in [6, 6.07) is 9.22. The minimum absolute atomic E-state index is 0.0855. The van der Waals surface area contributed by atoms with Gasteiger partial charge in [-0.15, -0.1) is 0 Å². The second-order valence-electron chi connectivity index (χ2n) is 6.71. The van der Waals surface area contributed by atoms with Crippen LogP contribution in [0.25, 0.3) is 22.2 Å². The largest absolute Gasteiger partial charge is 0.419 e. The summed E-state index contributed by atoms with van der Waals surface area (Å²) < 4.78 is 78.4. The zero-order valence-corrected chi connectivity index (χ0v) is 16.2. The van der Waals surface area contributed by atoms with Crippen molar-refractivity contribution >= 4 is 22.5 Å². The maximum Gasteiger partial charge on any atom is 0.419 e. The van der Waals surface area contributed by atoms with Gasteiger partial charge in [0.05, 0.1) is 28.0 Å². The highest BCUT2D eigenvalue weighted by atomic mass is 19.4. The number of anilines is 2. The first-order chi connectivity index (χ1) is 15.6. The molecule has 0 bridgehead atoms. The van der Waals surface area contributed by atoms with Gasteiger partial charge in [-0.25, -0.2) is 15.0 Å². The molecule has 12 heteroatoms. The van der Waals surface area contributed by atoms with E-state index in [0.717, 1.165) is 12.1 Å². The minimum Gasteiger partial charge on any atom is -0.323 e. The predicted molar refractivity (Wildman–Crippen MR) is 105 cm³/mol. The number of aromatic nitrogens is 4. The Bertz CT molecular complexity index is 1370. The molecule has 0 unspecified atom stereocenters. The molecule has 0 aliphatic rings. The molecule has 3 heterocycles. The van der Waals surface area contributed by atoms with Crippen LogP contribution in [0.2, 0.25) is 0 Å². The highest BCUT2D eigenvalue weighted by molar-refractivity contribution is 5.94. The Balaban J connectivity index is 1.74. The van der Waals surface area contributed by atoms with E-state index in [1.54, 1.807) is 6.07 Å². The molecule has 0 fully saturated rings. The number of rotatable bonds is 3. The number of nitriles is 1. The molecule has 33 heavy (non-hydrogen) atoms. The lowest BCUT2D eigenvalue weighted by molar-refractivity contribution is -0.138. The fourth-order valence-electron chi connectivity index (χ4n) is 3.03. The predicted octanol–water partition coefficient (Wildman–Crippen LogP) is 5.74. The average molecular weight is 460 g/mol. The Hall–Kier alpha value is -4.27. The van der Waals surface area contributed by atoms with E-state index in [4.69, 9.17) is 5.26 Å². The third-order valence-corrected chi connectivity index (χ3v) is 4.56. The molecule has 0 spiro atoms. The lowest BCUT2D eigenvalue weighted by Gasteiger charge is -2.13. The highest BCUT2D eigenvalue weighted by Crippen LogP contribution is 2.37. The van der Waals surface area contributed by atoms with Crippen LogP contribution < -0.4 is 5.32 Å². The molecule has 0 radical (unpaired) electrons. The normalized spacial score (nSPS) is 11.9. The molecule has 1 N–H and O–H groups in total. The summed E-state index contributed by atoms with van der Waals surface area (Å²) >= 11 is 0. The molecule has 0 aliphatic carbocycles. The van der Waals surface area contributed by atoms with Gasteiger partial charge in [0.2, 0.25) is 5.95 Å². The molecule has 4 rings (SSSR count). The third-order valence-electron chi connectivity index (χ3n) is 4.56. The zero-order chi connectivity index (χ0) is 23.8. The Labute approximate surface area is 181 Å². The third kappa shape index (κ3) is 4.52. The highest BCUT2D eigenvalue weighted by Gasteiger charge is 2.35. The fourth-order valence-corrected chi connectivity index (χ4v) is 3.03. The Morgan fingerprint density at radius 1 is 0.848 bits per heavy atom. The van der Waals surface area contributed by atoms with Crippen molar-refractivity contribution in [2.75, 3.05) is 5.32 Å². The summed E-state index contributed by atoms with van der Waals surface area (Å²) in [7, 11) is 0. The molecular weight excluding hydrogens is 450 g/mol. The van der Waals surface area contributed by atoms with Crippen molar-refractivity contribution in [2.24, 2.45) is 0 Å². The Morgan fingerprint density at radius 3 is 2.21 bits per heavy atom. The lowest BCUT2D eigenvalue weighted by Crippen LogP contribution is -2.09. The quantitative estimate of drug-likeness (QED) is 0.393. The number of benzene rings is 1. The van der Waals surface area contributed by atoms with Gasteiger partial charge in [-0.1, -0.05) is 12.1 Å². The van der Waals surface area contributed by atoms with Gasteiger partial charge in [-0.05, 0) is 24.3 Å². The van der Waals surface area contributed by atoms with E-state index in [-0.39, 0.29) is 22.7 Å². The van der Waals surface area contributed by atoms with E-state index in [1.165, 1.54) is 30.5 Å². The molecule has 6 nitrogen and oxygen atoms in total. The Kier molecular flexibility index (Phi) is 5.33. The summed E-state index contributed by atoms with van der Waals surface area (Å²) in [5.74, 6) is -0.109. The van der Waals surface area contributed by atoms with Crippen molar-refractivity contribution in [3.05, 3.63) is 71.8 Å². The summed E-state index contributed by atoms with van der Waals surface area (Å²) in [6.45, 7) is 0. The molecule has 4 aromatic rings. The van der Waals surface area contributed by atoms with Crippen LogP contribution in [0.1, 0.15) is 16.8 Å². The van der Waals surface area contributed by atoms with E-state index in [9.17, 15) is 26.3 Å². The van der Waals surface area contributed by atoms with Crippen molar-refractivity contribution in [1.29, 1.82) is 5.26 Å². The molecule has 0 saturated carbocycles. The van der Waals surface area contributed by atoms with E-state index in [2.05, 4.69) is 25.3 Å². The Morgan fingerprint density at radius 2 is 1.58 bits per heavy atom. The molecule has 1 aromatic carbocycles. The molecule has 0 saturated heterocycles. The van der Waals surface area contributed by atoms with Gasteiger partial charge in [-0.3, -0.25) is 4.98 Å². The van der Waals surface area contributed by atoms with Gasteiger partial charge < -0.3 is 5.32 Å². The summed E-state index contributed by atoms with van der Waals surface area (Å²) in [5.41, 5.74) is -1.88. The first-order valence-corrected chi connectivity index (χ1v) is 9.10. The van der Waals surface area contributed by atoms with Gasteiger partial charge in [0.1, 0.15) is 11.8 Å². The number of hydrogen-bond acceptors (Lipinski definition) is 6. The van der Waals surface area contributed by atoms with Crippen LogP contribution in [0.4, 0.5) is 38.0 Å². The van der Waals surface area contributed by atoms with Crippen LogP contribution in [-0.2, 0) is 12.4 Å². The van der Waals surface area contributed by atoms with E-state index in [0.29, 0.717) is 23.5 Å². The van der Waals surface area contributed by atoms with Gasteiger partial charge in [0.15, 0.2) is 0 Å². The van der Waals surface area contributed by atoms with Crippen LogP contribution in [0, 0.1) is 11.3 Å². The maximum atomic E-state index is 13.5. The van der Waals surface area contributed by atoms with Crippen LogP contribution in [-0.4, -0.2) is 19.9 Å². The van der Waals surface area contributed by atoms with Gasteiger partial charge in [0, 0.05) is 29.5 Å². The summed E-state index contributed by atoms with van der Waals surface area (Å²) in [6.07, 6.45) is -6.65. The van der Waals surface area contributed by atoms with E-state index < -0.39 is 29.2 Å². The average Bonchev–Trinajstić information content (AvgIpc) is 2.77. The standard InChI is InChI=1S/C21H10F6N6/c22-20(23,24)12-9-30-19(31-10-12)33-16-5-6-29-17-7-11(1-3-14(16)17)18-15(21(25,26)27)4-2-13(8-28)32-18/h1-7,9-10H,(H,29,30,31,33). The van der Waals surface area contributed by atoms with Gasteiger partial charge in [-0.2, -0.15) is 31.6 Å². The van der Waals surface area contributed by atoms with Crippen molar-refractivity contribution in [1.82, 2.24) is 19.9 Å². The smallest absolute Gasteiger partial charge is 0.323 e. The SMILES string of the molecule is N#Cc1ccc(C(F)(F)F)c(-c2ccc3c(Nc4ncc(C(F)(F)F)cn4)ccnc3c2)n1. The summed E-state index contributed by atoms with van der Waals surface area (Å²) in [4.78, 5) is 15.2. The van der Waals surface area contributed by atoms with Crippen molar-refractivity contribution in [2.45, 2.75) is 12.4 Å². The maximum absolute atomic E-state index is 13.5. The second-order valence-corrected chi connectivity index (χ2v) is 6.71. The number of hydrogen-bond donors (Lipinski definition) is 1. The van der Waals surface area contributed by atoms with Crippen molar-refractivity contribution in [3.63, 3.8) is 0 Å². The molecular formula is C21H10F6N6. The minimum atomic E-state index is -4.69. The number of nitrogens with one attached hydrogen (secondary N) is 1. The van der Waals surface area contributed by atoms with Crippen LogP contribution in [0.5, 0.6) is 0 Å². The van der Waals surface area contributed by atoms with Crippen LogP contribution in [0.15, 0.2) is 55.0 Å². The van der Waals surface area contributed by atoms with E-state index >= 15 is 0 Å². The summed E-state index contributed by atoms with van der Waals surface area (Å²) in [5, 5.41) is 12.2. The van der Waals surface area contributed by atoms with Gasteiger partial charge >= 0.3 is 12.4 Å². The van der Waals surface area contributed by atoms with E-state index in [1.807, 2.05) is 0 Å². The first-order valence-electron chi connectivity index (χ1n) is 9.10. The van der Waals surface area contributed by atoms with Crippen LogP contribution >= 0.6 is 0 Å². The number of halogens is 6. The molecule has 0 atom stereocenters.